The number of hydrogen-bond donors (Lipinski definition) is 0. The molecule has 58 heavy (non-hydrogen) atoms. The maximum Gasteiger partial charge on any atom is 2.00 e. The maximum atomic E-state index is 4.95. The first-order chi connectivity index (χ1) is 27.1. The van der Waals surface area contributed by atoms with Crippen LogP contribution < -0.4 is 0 Å². The number of nitrogens with zero attached hydrogens (tertiary/aromatic N) is 4. The Bertz CT molecular complexity index is 1730. The molecule has 0 aliphatic rings. The summed E-state index contributed by atoms with van der Waals surface area (Å²) >= 11 is 7.33. The molecule has 0 amide bonds. The van der Waals surface area contributed by atoms with E-state index in [1.54, 1.807) is 0 Å². The minimum atomic E-state index is 0. The summed E-state index contributed by atoms with van der Waals surface area (Å²) < 4.78 is 0. The monoisotopic (exact) mass is 912 g/mol. The predicted octanol–water partition coefficient (Wildman–Crippen LogP) is 15.3. The summed E-state index contributed by atoms with van der Waals surface area (Å²) in [4.78, 5) is 9.90. The number of benzene rings is 4. The number of aryl methyl sites for hydroxylation is 8. The third kappa shape index (κ3) is 16.6. The third-order valence-corrected chi connectivity index (χ3v) is 9.85. The van der Waals surface area contributed by atoms with Crippen LogP contribution in [0.5, 0.6) is 0 Å². The number of rotatable bonds is 16. The molecule has 320 valence electrons. The quantitative estimate of drug-likeness (QED) is 0.0487. The van der Waals surface area contributed by atoms with Crippen LogP contribution in [0.2, 0.25) is 0 Å². The molecule has 0 N–H and O–H groups in total. The molecule has 4 nitrogen and oxygen atoms in total. The molecule has 0 heterocycles. The molecule has 2 radical (unpaired) electrons. The molecule has 0 atom stereocenters. The van der Waals surface area contributed by atoms with Gasteiger partial charge in [0.2, 0.25) is 0 Å². The van der Waals surface area contributed by atoms with Gasteiger partial charge in [-0.1, -0.05) is 176 Å². The Morgan fingerprint density at radius 3 is 0.828 bits per heavy atom. The van der Waals surface area contributed by atoms with E-state index in [-0.39, 0.29) is 34.1 Å². The zero-order chi connectivity index (χ0) is 41.6. The number of para-hydroxylation sites is 4. The fraction of sp³-hybridized carbons (Fsp3) is 0.400. The minimum absolute atomic E-state index is 0. The van der Waals surface area contributed by atoms with Crippen molar-refractivity contribution in [2.75, 3.05) is 0 Å². The van der Waals surface area contributed by atoms with Crippen molar-refractivity contribution in [1.29, 1.82) is 0 Å². The standard InChI is InChI=1S/2C25H33N2.2Cu.S2/c2*1-7-20-13-11-14-21(8-2)24(20)26-18(5)17-19(6)27-25-22(9-3)15-12-16-23(25)10-4;;;1-2/h2*11-17H,7-10H2,1-6H3;;;/q2*-1;2*+2;-2/b2*18-17-,27-19?;;;. The van der Waals surface area contributed by atoms with Crippen LogP contribution in [0.1, 0.15) is 128 Å². The molecule has 0 bridgehead atoms. The van der Waals surface area contributed by atoms with Crippen molar-refractivity contribution >= 4 is 57.5 Å². The Morgan fingerprint density at radius 1 is 0.414 bits per heavy atom. The van der Waals surface area contributed by atoms with Crippen molar-refractivity contribution in [1.82, 2.24) is 0 Å². The Morgan fingerprint density at radius 2 is 0.621 bits per heavy atom. The first kappa shape index (κ1) is 55.0. The van der Waals surface area contributed by atoms with Crippen molar-refractivity contribution in [3.05, 3.63) is 151 Å². The van der Waals surface area contributed by atoms with E-state index in [0.717, 1.165) is 96.9 Å². The number of aliphatic imine (C=N–C) groups is 2. The molecule has 4 rings (SSSR count). The van der Waals surface area contributed by atoms with Crippen LogP contribution in [-0.4, -0.2) is 11.4 Å². The summed E-state index contributed by atoms with van der Waals surface area (Å²) in [6, 6.07) is 26.0. The van der Waals surface area contributed by atoms with E-state index in [1.807, 2.05) is 0 Å². The van der Waals surface area contributed by atoms with Gasteiger partial charge in [0.1, 0.15) is 0 Å². The van der Waals surface area contributed by atoms with Gasteiger partial charge in [0.05, 0.1) is 11.4 Å². The summed E-state index contributed by atoms with van der Waals surface area (Å²) in [5, 5.41) is 9.90. The SMILES string of the molecule is CCc1cccc(CC)c1N=C(C)/C=C(/C)[N-]c1c(CC)cccc1CC.CCc1cccc(CC)c1N=C(C)/C=C(/C)[N-]c1c(CC)cccc1CC.[Cu+2].[Cu+2].[S-][S-]. The van der Waals surface area contributed by atoms with Crippen LogP contribution in [0.15, 0.2) is 106 Å². The van der Waals surface area contributed by atoms with Gasteiger partial charge in [0, 0.05) is 11.4 Å². The van der Waals surface area contributed by atoms with Crippen molar-refractivity contribution in [3.8, 4) is 0 Å². The molecule has 0 saturated carbocycles. The maximum absolute atomic E-state index is 4.95. The second-order valence-corrected chi connectivity index (χ2v) is 13.8. The molecule has 0 unspecified atom stereocenters. The van der Waals surface area contributed by atoms with Gasteiger partial charge in [-0.15, -0.1) is 11.4 Å². The van der Waals surface area contributed by atoms with Gasteiger partial charge in [0.25, 0.3) is 0 Å². The van der Waals surface area contributed by atoms with Gasteiger partial charge >= 0.3 is 34.1 Å². The Balaban J connectivity index is 0.00000104. The second-order valence-electron chi connectivity index (χ2n) is 13.8. The molecule has 0 aromatic heterocycles. The topological polar surface area (TPSA) is 52.9 Å². The smallest absolute Gasteiger partial charge is 1.00 e. The largest absolute Gasteiger partial charge is 2.00 e. The van der Waals surface area contributed by atoms with Crippen molar-refractivity contribution in [2.24, 2.45) is 9.98 Å². The van der Waals surface area contributed by atoms with E-state index < -0.39 is 0 Å². The van der Waals surface area contributed by atoms with Gasteiger partial charge < -0.3 is 34.0 Å². The number of allylic oxidation sites excluding steroid dienone is 4. The van der Waals surface area contributed by atoms with Crippen LogP contribution >= 0.6 is 0 Å². The number of hydrogen-bond acceptors (Lipinski definition) is 4. The summed E-state index contributed by atoms with van der Waals surface area (Å²) in [7, 11) is 0. The molecule has 4 aromatic carbocycles. The molecule has 0 spiro atoms. The molecule has 4 aromatic rings. The van der Waals surface area contributed by atoms with Crippen LogP contribution in [-0.2, 0) is 109 Å². The first-order valence-electron chi connectivity index (χ1n) is 20.6. The predicted molar refractivity (Wildman–Crippen MR) is 255 cm³/mol. The fourth-order valence-corrected chi connectivity index (χ4v) is 6.87. The zero-order valence-electron chi connectivity index (χ0n) is 36.9. The van der Waals surface area contributed by atoms with Crippen molar-refractivity contribution in [2.45, 2.75) is 134 Å². The molecule has 0 aliphatic heterocycles. The minimum Gasteiger partial charge on any atom is -1.00 e. The van der Waals surface area contributed by atoms with E-state index in [9.17, 15) is 0 Å². The Labute approximate surface area is 385 Å². The van der Waals surface area contributed by atoms with E-state index in [2.05, 4.69) is 191 Å². The average molecular weight is 914 g/mol. The van der Waals surface area contributed by atoms with Crippen LogP contribution in [0.3, 0.4) is 0 Å². The molecular formula is C50H66Cu2N4S2. The molecule has 8 heteroatoms. The van der Waals surface area contributed by atoms with Crippen LogP contribution in [0, 0.1) is 0 Å². The fourth-order valence-electron chi connectivity index (χ4n) is 6.87. The summed E-state index contributed by atoms with van der Waals surface area (Å²) in [5.41, 5.74) is 19.0. The molecule has 0 fully saturated rings. The Hall–Kier alpha value is -2.96. The van der Waals surface area contributed by atoms with Gasteiger partial charge in [-0.3, -0.25) is 9.98 Å². The van der Waals surface area contributed by atoms with E-state index in [4.69, 9.17) is 20.6 Å². The van der Waals surface area contributed by atoms with Gasteiger partial charge in [0.15, 0.2) is 0 Å². The van der Waals surface area contributed by atoms with Crippen molar-refractivity contribution < 1.29 is 34.1 Å². The molecule has 0 saturated heterocycles. The van der Waals surface area contributed by atoms with E-state index >= 15 is 0 Å². The van der Waals surface area contributed by atoms with Crippen LogP contribution in [0.25, 0.3) is 10.6 Å². The van der Waals surface area contributed by atoms with E-state index in [0.29, 0.717) is 0 Å². The third-order valence-electron chi connectivity index (χ3n) is 9.85. The zero-order valence-corrected chi connectivity index (χ0v) is 40.5. The van der Waals surface area contributed by atoms with Gasteiger partial charge in [-0.25, -0.2) is 0 Å². The second kappa shape index (κ2) is 30.1. The Kier molecular flexibility index (Phi) is 28.6. The van der Waals surface area contributed by atoms with Crippen molar-refractivity contribution in [3.63, 3.8) is 0 Å². The van der Waals surface area contributed by atoms with Crippen LogP contribution in [0.4, 0.5) is 22.7 Å². The molecular weight excluding hydrogens is 848 g/mol. The summed E-state index contributed by atoms with van der Waals surface area (Å²) in [6.07, 6.45) is 12.2. The first-order valence-corrected chi connectivity index (χ1v) is 21.9. The summed E-state index contributed by atoms with van der Waals surface area (Å²) in [6.45, 7) is 25.8. The summed E-state index contributed by atoms with van der Waals surface area (Å²) in [5.74, 6) is 0. The molecule has 0 aliphatic carbocycles. The average Bonchev–Trinajstić information content (AvgIpc) is 3.21. The van der Waals surface area contributed by atoms with E-state index in [1.165, 1.54) is 44.5 Å². The normalized spacial score (nSPS) is 11.6. The van der Waals surface area contributed by atoms with Gasteiger partial charge in [-0.05, 0) is 87.5 Å². The van der Waals surface area contributed by atoms with Gasteiger partial charge in [-0.2, -0.15) is 11.4 Å².